The van der Waals surface area contributed by atoms with Gasteiger partial charge in [-0.3, -0.25) is 0 Å². The van der Waals surface area contributed by atoms with Gasteiger partial charge in [0.15, 0.2) is 23.0 Å². The zero-order chi connectivity index (χ0) is 39.8. The predicted molar refractivity (Wildman–Crippen MR) is 240 cm³/mol. The van der Waals surface area contributed by atoms with Crippen molar-refractivity contribution < 1.29 is 9.47 Å². The number of anilines is 2. The standard InChI is InChI=1S/C55H47NO2/c1-7-18-35(2)54(5,6)36(3)37(4)56(40-20-9-8-10-21-40)41-22-17-19-38(33-41)39-29-31-49-51(34-39)57-50-32-30-48-52(53(50)58-49)44-25-13-16-28-47(44)55(48)45-26-14-11-23-42(45)43-24-12-15-27-46(43)55/h7-12,14-24,26-34H,2,13,25H2,1,3-6H3/b18-7-,37-36-. The largest absolute Gasteiger partial charge is 0.449 e. The van der Waals surface area contributed by atoms with Crippen LogP contribution >= 0.6 is 0 Å². The van der Waals surface area contributed by atoms with Crippen molar-refractivity contribution in [3.05, 3.63) is 209 Å². The Morgan fingerprint density at radius 1 is 0.690 bits per heavy atom. The molecule has 4 aliphatic rings. The van der Waals surface area contributed by atoms with Gasteiger partial charge >= 0.3 is 0 Å². The minimum atomic E-state index is -0.391. The summed E-state index contributed by atoms with van der Waals surface area (Å²) in [6, 6.07) is 48.0. The van der Waals surface area contributed by atoms with E-state index in [9.17, 15) is 0 Å². The first-order valence-corrected chi connectivity index (χ1v) is 20.5. The second-order valence-corrected chi connectivity index (χ2v) is 16.4. The summed E-state index contributed by atoms with van der Waals surface area (Å²) in [7, 11) is 0. The van der Waals surface area contributed by atoms with Gasteiger partial charge in [-0.1, -0.05) is 136 Å². The summed E-state index contributed by atoms with van der Waals surface area (Å²) in [5, 5.41) is 0. The highest BCUT2D eigenvalue weighted by atomic mass is 16.6. The molecule has 3 nitrogen and oxygen atoms in total. The minimum Gasteiger partial charge on any atom is -0.449 e. The van der Waals surface area contributed by atoms with Crippen LogP contribution in [0.2, 0.25) is 0 Å². The van der Waals surface area contributed by atoms with Gasteiger partial charge in [0, 0.05) is 28.1 Å². The summed E-state index contributed by atoms with van der Waals surface area (Å²) in [5.74, 6) is 3.01. The van der Waals surface area contributed by atoms with Gasteiger partial charge in [0.1, 0.15) is 0 Å². The smallest absolute Gasteiger partial charge is 0.177 e. The number of allylic oxidation sites excluding steroid dienone is 9. The molecule has 0 N–H and O–H groups in total. The molecule has 0 aromatic heterocycles. The van der Waals surface area contributed by atoms with Crippen molar-refractivity contribution in [2.75, 3.05) is 4.90 Å². The van der Waals surface area contributed by atoms with Gasteiger partial charge in [-0.05, 0) is 137 Å². The van der Waals surface area contributed by atoms with Crippen LogP contribution in [-0.2, 0) is 5.41 Å². The number of fused-ring (bicyclic) bond motifs is 12. The average molecular weight is 754 g/mol. The summed E-state index contributed by atoms with van der Waals surface area (Å²) in [5.41, 5.74) is 17.7. The highest BCUT2D eigenvalue weighted by molar-refractivity contribution is 5.98. The van der Waals surface area contributed by atoms with E-state index in [1.165, 1.54) is 55.8 Å². The van der Waals surface area contributed by atoms with Crippen LogP contribution in [0, 0.1) is 5.41 Å². The van der Waals surface area contributed by atoms with E-state index in [-0.39, 0.29) is 5.41 Å². The van der Waals surface area contributed by atoms with E-state index in [1.54, 1.807) is 0 Å². The molecule has 0 amide bonds. The molecule has 0 radical (unpaired) electrons. The van der Waals surface area contributed by atoms with Crippen molar-refractivity contribution in [2.24, 2.45) is 5.41 Å². The van der Waals surface area contributed by atoms with Crippen molar-refractivity contribution in [1.82, 2.24) is 0 Å². The quantitative estimate of drug-likeness (QED) is 0.151. The van der Waals surface area contributed by atoms with Gasteiger partial charge in [0.05, 0.1) is 5.41 Å². The van der Waals surface area contributed by atoms with Gasteiger partial charge in [-0.25, -0.2) is 0 Å². The summed E-state index contributed by atoms with van der Waals surface area (Å²) >= 11 is 0. The van der Waals surface area contributed by atoms with E-state index in [2.05, 4.69) is 197 Å². The van der Waals surface area contributed by atoms with Crippen molar-refractivity contribution in [1.29, 1.82) is 0 Å². The molecule has 3 heteroatoms. The van der Waals surface area contributed by atoms with E-state index >= 15 is 0 Å². The molecule has 0 atom stereocenters. The molecule has 0 saturated heterocycles. The Hall–Kier alpha value is -6.58. The molecule has 10 rings (SSSR count). The molecule has 0 unspecified atom stereocenters. The number of benzene rings is 6. The lowest BCUT2D eigenvalue weighted by molar-refractivity contribution is 0.358. The zero-order valence-electron chi connectivity index (χ0n) is 33.9. The topological polar surface area (TPSA) is 21.7 Å². The lowest BCUT2D eigenvalue weighted by Crippen LogP contribution is -2.27. The second-order valence-electron chi connectivity index (χ2n) is 16.4. The van der Waals surface area contributed by atoms with E-state index in [0.29, 0.717) is 5.75 Å². The third-order valence-corrected chi connectivity index (χ3v) is 13.2. The number of nitrogens with zero attached hydrogens (tertiary/aromatic N) is 1. The molecule has 0 bridgehead atoms. The molecular weight excluding hydrogens is 707 g/mol. The Kier molecular flexibility index (Phi) is 8.35. The monoisotopic (exact) mass is 753 g/mol. The molecule has 1 spiro atoms. The Morgan fingerprint density at radius 2 is 1.36 bits per heavy atom. The Morgan fingerprint density at radius 3 is 2.10 bits per heavy atom. The molecule has 0 saturated carbocycles. The molecular formula is C55H47NO2. The summed E-state index contributed by atoms with van der Waals surface area (Å²) in [6.07, 6.45) is 10.9. The van der Waals surface area contributed by atoms with Crippen LogP contribution in [0.5, 0.6) is 23.0 Å². The van der Waals surface area contributed by atoms with Crippen molar-refractivity contribution >= 4 is 16.9 Å². The Bertz CT molecular complexity index is 2770. The second kappa shape index (κ2) is 13.5. The Balaban J connectivity index is 1.04. The van der Waals surface area contributed by atoms with Crippen LogP contribution in [0.25, 0.3) is 27.8 Å². The van der Waals surface area contributed by atoms with Crippen molar-refractivity contribution in [2.45, 2.75) is 52.9 Å². The fourth-order valence-corrected chi connectivity index (χ4v) is 9.88. The van der Waals surface area contributed by atoms with Gasteiger partial charge in [-0.2, -0.15) is 0 Å². The highest BCUT2D eigenvalue weighted by Crippen LogP contribution is 2.66. The van der Waals surface area contributed by atoms with E-state index in [0.717, 1.165) is 58.2 Å². The van der Waals surface area contributed by atoms with Crippen LogP contribution < -0.4 is 14.4 Å². The number of hydrogen-bond acceptors (Lipinski definition) is 3. The number of rotatable bonds is 7. The third kappa shape index (κ3) is 5.19. The molecule has 0 fully saturated rings. The summed E-state index contributed by atoms with van der Waals surface area (Å²) in [6.45, 7) is 15.4. The maximum absolute atomic E-state index is 6.98. The molecule has 3 aliphatic carbocycles. The SMILES string of the molecule is C=C(/C=C\C)C(C)(C)/C(C)=C(/C)N(c1ccccc1)c1cccc(-c2ccc3c(c2)Oc2ccc4c(c2O3)C2=C(C=CCC2)C42c3ccccc3-c3ccccc32)c1. The fourth-order valence-electron chi connectivity index (χ4n) is 9.88. The lowest BCUT2D eigenvalue weighted by atomic mass is 9.69. The third-order valence-electron chi connectivity index (χ3n) is 13.2. The molecule has 6 aromatic carbocycles. The number of para-hydroxylation sites is 1. The first-order valence-electron chi connectivity index (χ1n) is 20.5. The van der Waals surface area contributed by atoms with E-state index in [4.69, 9.17) is 9.47 Å². The number of hydrogen-bond donors (Lipinski definition) is 0. The molecule has 1 heterocycles. The van der Waals surface area contributed by atoms with Crippen molar-refractivity contribution in [3.8, 4) is 45.3 Å². The number of ether oxygens (including phenoxy) is 2. The Labute approximate surface area is 342 Å². The lowest BCUT2D eigenvalue weighted by Gasteiger charge is -2.34. The van der Waals surface area contributed by atoms with Crippen LogP contribution in [0.1, 0.15) is 69.7 Å². The van der Waals surface area contributed by atoms with Gasteiger partial charge < -0.3 is 14.4 Å². The first-order chi connectivity index (χ1) is 28.2. The average Bonchev–Trinajstić information content (AvgIpc) is 3.73. The minimum absolute atomic E-state index is 0.230. The maximum atomic E-state index is 6.98. The van der Waals surface area contributed by atoms with E-state index < -0.39 is 5.41 Å². The molecule has 1 aliphatic heterocycles. The predicted octanol–water partition coefficient (Wildman–Crippen LogP) is 15.3. The molecule has 58 heavy (non-hydrogen) atoms. The first kappa shape index (κ1) is 35.8. The van der Waals surface area contributed by atoms with Crippen LogP contribution in [0.4, 0.5) is 11.4 Å². The summed E-state index contributed by atoms with van der Waals surface area (Å²) < 4.78 is 13.8. The van der Waals surface area contributed by atoms with Crippen molar-refractivity contribution in [3.63, 3.8) is 0 Å². The molecule has 6 aromatic rings. The van der Waals surface area contributed by atoms with E-state index in [1.807, 2.05) is 6.92 Å². The zero-order valence-corrected chi connectivity index (χ0v) is 33.9. The van der Waals surface area contributed by atoms with Gasteiger partial charge in [0.25, 0.3) is 0 Å². The van der Waals surface area contributed by atoms with Crippen LogP contribution in [0.3, 0.4) is 0 Å². The highest BCUT2D eigenvalue weighted by Gasteiger charge is 2.53. The molecule has 284 valence electrons. The fraction of sp³-hybridized carbons (Fsp3) is 0.164. The summed E-state index contributed by atoms with van der Waals surface area (Å²) in [4.78, 5) is 2.36. The maximum Gasteiger partial charge on any atom is 0.177 e. The van der Waals surface area contributed by atoms with Gasteiger partial charge in [0.2, 0.25) is 0 Å². The van der Waals surface area contributed by atoms with Gasteiger partial charge in [-0.15, -0.1) is 0 Å². The van der Waals surface area contributed by atoms with Crippen LogP contribution in [-0.4, -0.2) is 0 Å². The normalized spacial score (nSPS) is 15.7. The van der Waals surface area contributed by atoms with Crippen LogP contribution in [0.15, 0.2) is 187 Å².